The van der Waals surface area contributed by atoms with E-state index in [2.05, 4.69) is 10.6 Å². The second-order valence-electron chi connectivity index (χ2n) is 6.09. The summed E-state index contributed by atoms with van der Waals surface area (Å²) in [6.45, 7) is 4.68. The molecule has 24 heavy (non-hydrogen) atoms. The number of hydrogen-bond acceptors (Lipinski definition) is 5. The van der Waals surface area contributed by atoms with Crippen molar-refractivity contribution in [2.75, 3.05) is 6.61 Å². The Morgan fingerprint density at radius 3 is 2.58 bits per heavy atom. The monoisotopic (exact) mass is 352 g/mol. The van der Waals surface area contributed by atoms with E-state index in [0.29, 0.717) is 10.1 Å². The van der Waals surface area contributed by atoms with Crippen LogP contribution in [0.1, 0.15) is 30.4 Å². The fourth-order valence-electron chi connectivity index (χ4n) is 1.86. The molecule has 1 aromatic carbocycles. The molecule has 1 heterocycles. The van der Waals surface area contributed by atoms with Crippen LogP contribution in [-0.2, 0) is 9.53 Å². The molecule has 6 nitrogen and oxygen atoms in total. The van der Waals surface area contributed by atoms with Crippen molar-refractivity contribution in [2.24, 2.45) is 0 Å². The van der Waals surface area contributed by atoms with Crippen LogP contribution in [0.2, 0.25) is 0 Å². The van der Waals surface area contributed by atoms with E-state index in [1.165, 1.54) is 12.1 Å². The van der Waals surface area contributed by atoms with Gasteiger partial charge in [0, 0.05) is 15.6 Å². The van der Waals surface area contributed by atoms with Crippen LogP contribution in [-0.4, -0.2) is 30.1 Å². The maximum absolute atomic E-state index is 13.6. The number of nitrogens with one attached hydrogen (secondary N) is 2. The molecule has 0 spiro atoms. The van der Waals surface area contributed by atoms with Gasteiger partial charge in [-0.15, -0.1) is 11.3 Å². The first-order valence-electron chi connectivity index (χ1n) is 7.13. The summed E-state index contributed by atoms with van der Waals surface area (Å²) in [5, 5.41) is 4.92. The lowest BCUT2D eigenvalue weighted by Gasteiger charge is -2.20. The molecule has 0 unspecified atom stereocenters. The van der Waals surface area contributed by atoms with E-state index in [4.69, 9.17) is 4.74 Å². The Balaban J connectivity index is 1.91. The maximum atomic E-state index is 13.6. The lowest BCUT2D eigenvalue weighted by atomic mass is 10.1. The minimum absolute atomic E-state index is 0.182. The molecule has 8 heteroatoms. The summed E-state index contributed by atoms with van der Waals surface area (Å²) >= 11 is 1.07. The number of rotatable bonds is 3. The third-order valence-electron chi connectivity index (χ3n) is 2.79. The molecular formula is C16H17FN2O4S. The number of thiophene rings is 1. The molecule has 0 aliphatic rings. The molecule has 2 N–H and O–H groups in total. The summed E-state index contributed by atoms with van der Waals surface area (Å²) in [6, 6.07) is 5.23. The van der Waals surface area contributed by atoms with E-state index in [1.807, 2.05) is 0 Å². The largest absolute Gasteiger partial charge is 0.451 e. The molecule has 0 atom stereocenters. The van der Waals surface area contributed by atoms with Gasteiger partial charge in [-0.1, -0.05) is 6.07 Å². The predicted molar refractivity (Wildman–Crippen MR) is 88.5 cm³/mol. The van der Waals surface area contributed by atoms with Gasteiger partial charge in [0.25, 0.3) is 5.91 Å². The smallest absolute Gasteiger partial charge is 0.348 e. The second-order valence-corrected chi connectivity index (χ2v) is 7.17. The van der Waals surface area contributed by atoms with Crippen molar-refractivity contribution in [3.8, 4) is 0 Å². The van der Waals surface area contributed by atoms with Crippen molar-refractivity contribution in [3.05, 3.63) is 35.0 Å². The van der Waals surface area contributed by atoms with E-state index in [-0.39, 0.29) is 4.88 Å². The Bertz CT molecular complexity index is 795. The summed E-state index contributed by atoms with van der Waals surface area (Å²) in [6.07, 6.45) is 0. The van der Waals surface area contributed by atoms with E-state index < -0.39 is 35.9 Å². The number of urea groups is 1. The zero-order valence-corrected chi connectivity index (χ0v) is 14.3. The third kappa shape index (κ3) is 4.76. The van der Waals surface area contributed by atoms with E-state index in [9.17, 15) is 18.8 Å². The number of halogens is 1. The standard InChI is InChI=1S/C16H17FN2O4S/c1-16(2,3)19-15(22)18-13(20)8-23-14(21)12-7-9-10(17)5-4-6-11(9)24-12/h4-7H,8H2,1-3H3,(H2,18,19,20,22). The van der Waals surface area contributed by atoms with Crippen LogP contribution >= 0.6 is 11.3 Å². The van der Waals surface area contributed by atoms with Crippen molar-refractivity contribution in [1.82, 2.24) is 10.6 Å². The molecule has 1 aromatic heterocycles. The molecule has 0 aliphatic heterocycles. The van der Waals surface area contributed by atoms with Gasteiger partial charge in [-0.2, -0.15) is 0 Å². The Kier molecular flexibility index (Phi) is 5.18. The number of fused-ring (bicyclic) bond motifs is 1. The molecule has 0 aliphatic carbocycles. The van der Waals surface area contributed by atoms with Crippen molar-refractivity contribution in [1.29, 1.82) is 0 Å². The summed E-state index contributed by atoms with van der Waals surface area (Å²) in [5.41, 5.74) is -0.498. The van der Waals surface area contributed by atoms with Gasteiger partial charge in [-0.05, 0) is 39.0 Å². The summed E-state index contributed by atoms with van der Waals surface area (Å²) in [7, 11) is 0. The average molecular weight is 352 g/mol. The Labute approximate surface area is 142 Å². The van der Waals surface area contributed by atoms with Crippen molar-refractivity contribution < 1.29 is 23.5 Å². The zero-order chi connectivity index (χ0) is 17.9. The highest BCUT2D eigenvalue weighted by molar-refractivity contribution is 7.20. The first-order chi connectivity index (χ1) is 11.2. The van der Waals surface area contributed by atoms with Crippen LogP contribution in [0.5, 0.6) is 0 Å². The lowest BCUT2D eigenvalue weighted by molar-refractivity contribution is -0.123. The lowest BCUT2D eigenvalue weighted by Crippen LogP contribution is -2.49. The van der Waals surface area contributed by atoms with E-state index in [1.54, 1.807) is 32.9 Å². The Morgan fingerprint density at radius 2 is 1.96 bits per heavy atom. The number of carbonyl (C=O) groups excluding carboxylic acids is 3. The van der Waals surface area contributed by atoms with Gasteiger partial charge in [-0.3, -0.25) is 10.1 Å². The van der Waals surface area contributed by atoms with Crippen molar-refractivity contribution in [3.63, 3.8) is 0 Å². The molecule has 2 rings (SSSR count). The molecule has 0 fully saturated rings. The van der Waals surface area contributed by atoms with Crippen LogP contribution in [0.4, 0.5) is 9.18 Å². The average Bonchev–Trinajstić information content (AvgIpc) is 2.88. The number of imide groups is 1. The van der Waals surface area contributed by atoms with Crippen LogP contribution in [0.3, 0.4) is 0 Å². The Hall–Kier alpha value is -2.48. The molecule has 128 valence electrons. The highest BCUT2D eigenvalue weighted by Crippen LogP contribution is 2.27. The molecule has 2 aromatic rings. The first-order valence-corrected chi connectivity index (χ1v) is 7.94. The number of amides is 3. The fraction of sp³-hybridized carbons (Fsp3) is 0.312. The molecule has 0 saturated heterocycles. The predicted octanol–water partition coefficient (Wildman–Crippen LogP) is 2.82. The van der Waals surface area contributed by atoms with E-state index in [0.717, 1.165) is 11.3 Å². The topological polar surface area (TPSA) is 84.5 Å². The van der Waals surface area contributed by atoms with Crippen molar-refractivity contribution >= 4 is 39.3 Å². The quantitative estimate of drug-likeness (QED) is 0.832. The summed E-state index contributed by atoms with van der Waals surface area (Å²) in [4.78, 5) is 35.2. The van der Waals surface area contributed by atoms with Crippen LogP contribution in [0.15, 0.2) is 24.3 Å². The Morgan fingerprint density at radius 1 is 1.25 bits per heavy atom. The van der Waals surface area contributed by atoms with Crippen LogP contribution in [0, 0.1) is 5.82 Å². The third-order valence-corrected chi connectivity index (χ3v) is 3.87. The van der Waals surface area contributed by atoms with Gasteiger partial charge in [0.1, 0.15) is 10.7 Å². The molecular weight excluding hydrogens is 335 g/mol. The van der Waals surface area contributed by atoms with Gasteiger partial charge in [0.05, 0.1) is 0 Å². The number of esters is 1. The minimum Gasteiger partial charge on any atom is -0.451 e. The number of ether oxygens (including phenoxy) is 1. The van der Waals surface area contributed by atoms with Gasteiger partial charge in [0.2, 0.25) is 0 Å². The van der Waals surface area contributed by atoms with Gasteiger partial charge < -0.3 is 10.1 Å². The molecule has 0 radical (unpaired) electrons. The maximum Gasteiger partial charge on any atom is 0.348 e. The molecule has 0 saturated carbocycles. The molecule has 3 amide bonds. The zero-order valence-electron chi connectivity index (χ0n) is 13.4. The van der Waals surface area contributed by atoms with Crippen LogP contribution < -0.4 is 10.6 Å². The number of hydrogen-bond donors (Lipinski definition) is 2. The number of benzene rings is 1. The van der Waals surface area contributed by atoms with Gasteiger partial charge in [-0.25, -0.2) is 14.0 Å². The minimum atomic E-state index is -0.752. The summed E-state index contributed by atoms with van der Waals surface area (Å²) in [5.74, 6) is -1.93. The normalized spacial score (nSPS) is 11.2. The van der Waals surface area contributed by atoms with Gasteiger partial charge in [0.15, 0.2) is 6.61 Å². The summed E-state index contributed by atoms with van der Waals surface area (Å²) < 4.78 is 19.1. The van der Waals surface area contributed by atoms with Gasteiger partial charge >= 0.3 is 12.0 Å². The highest BCUT2D eigenvalue weighted by atomic mass is 32.1. The SMILES string of the molecule is CC(C)(C)NC(=O)NC(=O)COC(=O)c1cc2c(F)cccc2s1. The number of carbonyl (C=O) groups is 3. The molecule has 0 bridgehead atoms. The van der Waals surface area contributed by atoms with E-state index >= 15 is 0 Å². The van der Waals surface area contributed by atoms with Crippen molar-refractivity contribution in [2.45, 2.75) is 26.3 Å². The highest BCUT2D eigenvalue weighted by Gasteiger charge is 2.18. The van der Waals surface area contributed by atoms with Crippen LogP contribution in [0.25, 0.3) is 10.1 Å². The first kappa shape index (κ1) is 17.9. The fourth-order valence-corrected chi connectivity index (χ4v) is 2.83. The second kappa shape index (κ2) is 6.96.